The molecule has 0 aromatic heterocycles. The maximum Gasteiger partial charge on any atom is 0.331 e. The second kappa shape index (κ2) is 13.9. The fourth-order valence-electron chi connectivity index (χ4n) is 1.43. The van der Waals surface area contributed by atoms with E-state index in [0.717, 1.165) is 0 Å². The summed E-state index contributed by atoms with van der Waals surface area (Å²) in [5.74, 6) is 0.591. The van der Waals surface area contributed by atoms with Gasteiger partial charge in [0.15, 0.2) is 0 Å². The molecule has 0 aliphatic carbocycles. The van der Waals surface area contributed by atoms with Crippen LogP contribution in [0, 0.1) is 0 Å². The van der Waals surface area contributed by atoms with Crippen molar-refractivity contribution < 1.29 is 19.1 Å². The van der Waals surface area contributed by atoms with Crippen LogP contribution in [-0.4, -0.2) is 35.7 Å². The fourth-order valence-corrected chi connectivity index (χ4v) is 2.37. The van der Waals surface area contributed by atoms with Crippen LogP contribution in [0.5, 0.6) is 0 Å². The smallest absolute Gasteiger partial charge is 0.331 e. The minimum atomic E-state index is -0.357. The predicted octanol–water partition coefficient (Wildman–Crippen LogP) is 3.85. The number of esters is 2. The number of carbonyl (C=O) groups is 2. The summed E-state index contributed by atoms with van der Waals surface area (Å²) in [6, 6.07) is 0. The highest BCUT2D eigenvalue weighted by atomic mass is 32.2. The first-order valence-corrected chi connectivity index (χ1v) is 8.72. The summed E-state index contributed by atoms with van der Waals surface area (Å²) in [5, 5.41) is 0. The Hall–Kier alpha value is -1.75. The maximum absolute atomic E-state index is 11.5. The van der Waals surface area contributed by atoms with Crippen LogP contribution >= 0.6 is 11.8 Å². The number of ether oxygens (including phenoxy) is 2. The van der Waals surface area contributed by atoms with Gasteiger partial charge >= 0.3 is 11.9 Å². The molecule has 0 N–H and O–H groups in total. The number of thioether (sulfide) groups is 1. The van der Waals surface area contributed by atoms with E-state index in [9.17, 15) is 9.59 Å². The zero-order valence-corrected chi connectivity index (χ0v) is 15.0. The summed E-state index contributed by atoms with van der Waals surface area (Å²) in [5.41, 5.74) is 0. The molecule has 0 rings (SSSR count). The molecule has 0 saturated heterocycles. The Bertz CT molecular complexity index is 422. The Morgan fingerprint density at radius 1 is 0.826 bits per heavy atom. The second-order valence-corrected chi connectivity index (χ2v) is 5.88. The van der Waals surface area contributed by atoms with Gasteiger partial charge in [-0.25, -0.2) is 9.59 Å². The van der Waals surface area contributed by atoms with Crippen molar-refractivity contribution in [1.29, 1.82) is 0 Å². The lowest BCUT2D eigenvalue weighted by atomic mass is 10.4. The average molecular weight is 338 g/mol. The SMILES string of the molecule is C/C=C/C=C/C(=O)OC(C)CSCC(C)OC(=O)/C=C/C=C/C. The van der Waals surface area contributed by atoms with Crippen molar-refractivity contribution in [3.8, 4) is 0 Å². The van der Waals surface area contributed by atoms with E-state index >= 15 is 0 Å². The highest BCUT2D eigenvalue weighted by Gasteiger charge is 2.10. The third-order valence-corrected chi connectivity index (χ3v) is 3.82. The lowest BCUT2D eigenvalue weighted by Gasteiger charge is -2.14. The second-order valence-electron chi connectivity index (χ2n) is 4.80. The van der Waals surface area contributed by atoms with E-state index in [0.29, 0.717) is 11.5 Å². The summed E-state index contributed by atoms with van der Waals surface area (Å²) < 4.78 is 10.4. The van der Waals surface area contributed by atoms with Gasteiger partial charge in [-0.1, -0.05) is 36.5 Å². The normalized spacial score (nSPS) is 14.8. The monoisotopic (exact) mass is 338 g/mol. The van der Waals surface area contributed by atoms with E-state index in [1.54, 1.807) is 36.1 Å². The largest absolute Gasteiger partial charge is 0.459 e. The first-order chi connectivity index (χ1) is 11.0. The van der Waals surface area contributed by atoms with Crippen molar-refractivity contribution in [3.63, 3.8) is 0 Å². The molecule has 0 fully saturated rings. The first-order valence-electron chi connectivity index (χ1n) is 7.57. The van der Waals surface area contributed by atoms with Gasteiger partial charge in [0.1, 0.15) is 12.2 Å². The number of allylic oxidation sites excluding steroid dienone is 6. The lowest BCUT2D eigenvalue weighted by molar-refractivity contribution is -0.141. The average Bonchev–Trinajstić information content (AvgIpc) is 2.47. The summed E-state index contributed by atoms with van der Waals surface area (Å²) in [6.45, 7) is 7.42. The van der Waals surface area contributed by atoms with Crippen molar-refractivity contribution in [2.45, 2.75) is 39.9 Å². The Morgan fingerprint density at radius 2 is 1.22 bits per heavy atom. The van der Waals surface area contributed by atoms with Crippen LogP contribution in [0.15, 0.2) is 48.6 Å². The van der Waals surface area contributed by atoms with Crippen molar-refractivity contribution in [1.82, 2.24) is 0 Å². The standard InChI is InChI=1S/C18H26O4S/c1-5-7-9-11-17(19)21-15(3)13-23-14-16(4)22-18(20)12-10-8-6-2/h5-12,15-16H,13-14H2,1-4H3/b7-5+,8-6+,11-9+,12-10+. The van der Waals surface area contributed by atoms with Gasteiger partial charge in [-0.05, 0) is 27.7 Å². The third kappa shape index (κ3) is 13.6. The minimum Gasteiger partial charge on any atom is -0.459 e. The molecule has 128 valence electrons. The van der Waals surface area contributed by atoms with Crippen LogP contribution in [0.2, 0.25) is 0 Å². The molecule has 5 heteroatoms. The molecule has 0 aromatic carbocycles. The highest BCUT2D eigenvalue weighted by Crippen LogP contribution is 2.10. The molecule has 23 heavy (non-hydrogen) atoms. The number of rotatable bonds is 10. The van der Waals surface area contributed by atoms with Crippen LogP contribution in [-0.2, 0) is 19.1 Å². The van der Waals surface area contributed by atoms with E-state index in [1.165, 1.54) is 12.2 Å². The van der Waals surface area contributed by atoms with Gasteiger partial charge in [-0.2, -0.15) is 11.8 Å². The molecular formula is C18H26O4S. The molecule has 0 bridgehead atoms. The number of hydrogen-bond donors (Lipinski definition) is 0. The zero-order valence-electron chi connectivity index (χ0n) is 14.2. The quantitative estimate of drug-likeness (QED) is 0.344. The van der Waals surface area contributed by atoms with Crippen LogP contribution in [0.3, 0.4) is 0 Å². The van der Waals surface area contributed by atoms with Crippen molar-refractivity contribution in [3.05, 3.63) is 48.6 Å². The van der Waals surface area contributed by atoms with Gasteiger partial charge in [0.25, 0.3) is 0 Å². The molecule has 0 amide bonds. The Labute approximate surface area is 143 Å². The minimum absolute atomic E-state index is 0.194. The summed E-state index contributed by atoms with van der Waals surface area (Å²) in [7, 11) is 0. The number of carbonyl (C=O) groups excluding carboxylic acids is 2. The van der Waals surface area contributed by atoms with Gasteiger partial charge in [-0.15, -0.1) is 0 Å². The van der Waals surface area contributed by atoms with Crippen LogP contribution < -0.4 is 0 Å². The third-order valence-electron chi connectivity index (χ3n) is 2.41. The zero-order chi connectivity index (χ0) is 17.5. The summed E-state index contributed by atoms with van der Waals surface area (Å²) >= 11 is 1.58. The van der Waals surface area contributed by atoms with Gasteiger partial charge in [0.2, 0.25) is 0 Å². The first kappa shape index (κ1) is 21.2. The van der Waals surface area contributed by atoms with E-state index in [4.69, 9.17) is 9.47 Å². The van der Waals surface area contributed by atoms with Crippen LogP contribution in [0.25, 0.3) is 0 Å². The Balaban J connectivity index is 3.91. The van der Waals surface area contributed by atoms with Crippen molar-refractivity contribution >= 4 is 23.7 Å². The summed E-state index contributed by atoms with van der Waals surface area (Å²) in [4.78, 5) is 22.9. The summed E-state index contributed by atoms with van der Waals surface area (Å²) in [6.07, 6.45) is 12.9. The van der Waals surface area contributed by atoms with E-state index in [-0.39, 0.29) is 24.1 Å². The topological polar surface area (TPSA) is 52.6 Å². The molecule has 0 radical (unpaired) electrons. The predicted molar refractivity (Wildman–Crippen MR) is 96.3 cm³/mol. The molecule has 0 saturated carbocycles. The molecule has 4 nitrogen and oxygen atoms in total. The maximum atomic E-state index is 11.5. The lowest BCUT2D eigenvalue weighted by Crippen LogP contribution is -2.19. The molecule has 0 heterocycles. The van der Waals surface area contributed by atoms with Gasteiger partial charge < -0.3 is 9.47 Å². The van der Waals surface area contributed by atoms with Crippen molar-refractivity contribution in [2.24, 2.45) is 0 Å². The highest BCUT2D eigenvalue weighted by molar-refractivity contribution is 7.99. The molecule has 0 spiro atoms. The Morgan fingerprint density at radius 3 is 1.57 bits per heavy atom. The van der Waals surface area contributed by atoms with Gasteiger partial charge in [0.05, 0.1) is 0 Å². The molecule has 2 atom stereocenters. The molecule has 0 aromatic rings. The molecule has 0 aliphatic rings. The van der Waals surface area contributed by atoms with E-state index in [2.05, 4.69) is 0 Å². The molecule has 2 unspecified atom stereocenters. The van der Waals surface area contributed by atoms with E-state index in [1.807, 2.05) is 39.8 Å². The molecule has 0 aliphatic heterocycles. The number of hydrogen-bond acceptors (Lipinski definition) is 5. The van der Waals surface area contributed by atoms with Crippen LogP contribution in [0.1, 0.15) is 27.7 Å². The fraction of sp³-hybridized carbons (Fsp3) is 0.444. The Kier molecular flexibility index (Phi) is 12.8. The van der Waals surface area contributed by atoms with Gasteiger partial charge in [0, 0.05) is 23.7 Å². The van der Waals surface area contributed by atoms with E-state index < -0.39 is 0 Å². The molecular weight excluding hydrogens is 312 g/mol. The van der Waals surface area contributed by atoms with Crippen LogP contribution in [0.4, 0.5) is 0 Å². The van der Waals surface area contributed by atoms with Gasteiger partial charge in [-0.3, -0.25) is 0 Å². The van der Waals surface area contributed by atoms with Crippen molar-refractivity contribution in [2.75, 3.05) is 11.5 Å².